The van der Waals surface area contributed by atoms with Crippen LogP contribution in [0.4, 0.5) is 0 Å². The maximum absolute atomic E-state index is 6.45. The maximum Gasteiger partial charge on any atom is 0.145 e. The molecule has 0 atom stereocenters. The van der Waals surface area contributed by atoms with Crippen molar-refractivity contribution in [3.63, 3.8) is 0 Å². The van der Waals surface area contributed by atoms with Gasteiger partial charge in [0.15, 0.2) is 0 Å². The van der Waals surface area contributed by atoms with E-state index in [0.29, 0.717) is 0 Å². The van der Waals surface area contributed by atoms with Crippen LogP contribution in [-0.4, -0.2) is 9.55 Å². The van der Waals surface area contributed by atoms with Crippen LogP contribution in [0, 0.1) is 0 Å². The molecule has 0 saturated heterocycles. The first-order valence-electron chi connectivity index (χ1n) is 17.2. The van der Waals surface area contributed by atoms with E-state index < -0.39 is 0 Å². The highest BCUT2D eigenvalue weighted by Crippen LogP contribution is 2.44. The highest BCUT2D eigenvalue weighted by molar-refractivity contribution is 6.07. The number of benzene rings is 7. The zero-order chi connectivity index (χ0) is 33.8. The molecule has 0 fully saturated rings. The Morgan fingerprint density at radius 2 is 1.06 bits per heavy atom. The molecule has 0 unspecified atom stereocenters. The van der Waals surface area contributed by atoms with Crippen LogP contribution in [0.1, 0.15) is 26.3 Å². The number of hydrogen-bond acceptors (Lipinski definition) is 2. The molecule has 0 amide bonds. The van der Waals surface area contributed by atoms with E-state index in [1.165, 1.54) is 33.4 Å². The van der Waals surface area contributed by atoms with E-state index in [2.05, 4.69) is 183 Å². The summed E-state index contributed by atoms with van der Waals surface area (Å²) in [5.41, 5.74) is 14.1. The van der Waals surface area contributed by atoms with Crippen LogP contribution in [0.2, 0.25) is 0 Å². The molecule has 2 heterocycles. The number of hydrogen-bond donors (Lipinski definition) is 0. The van der Waals surface area contributed by atoms with Crippen molar-refractivity contribution in [1.82, 2.24) is 9.55 Å². The van der Waals surface area contributed by atoms with Gasteiger partial charge < -0.3 is 4.42 Å². The zero-order valence-electron chi connectivity index (χ0n) is 28.4. The molecule has 0 spiro atoms. The van der Waals surface area contributed by atoms with Gasteiger partial charge in [-0.2, -0.15) is 0 Å². The summed E-state index contributed by atoms with van der Waals surface area (Å²) in [6.07, 6.45) is 0. The van der Waals surface area contributed by atoms with Crippen molar-refractivity contribution in [1.29, 1.82) is 0 Å². The predicted octanol–water partition coefficient (Wildman–Crippen LogP) is 12.9. The standard InChI is InChI=1S/C47H36N2O/c1-47(2,3)36-29-38(32-17-9-5-10-18-32)45(39(30-36)33-19-11-6-12-20-33)49-42-22-14-13-21-41(42)48-46(49)35-24-26-43-40(27-35)37-25-23-34(28-44(37)50-43)31-15-7-4-8-16-31/h4-30H,1-3H3. The molecular weight excluding hydrogens is 609 g/mol. The first-order chi connectivity index (χ1) is 24.4. The van der Waals surface area contributed by atoms with E-state index in [-0.39, 0.29) is 5.41 Å². The maximum atomic E-state index is 6.45. The van der Waals surface area contributed by atoms with Crippen molar-refractivity contribution in [2.75, 3.05) is 0 Å². The average Bonchev–Trinajstić information content (AvgIpc) is 3.73. The van der Waals surface area contributed by atoms with E-state index in [1.54, 1.807) is 0 Å². The molecule has 0 N–H and O–H groups in total. The number of fused-ring (bicyclic) bond motifs is 4. The highest BCUT2D eigenvalue weighted by Gasteiger charge is 2.25. The zero-order valence-corrected chi connectivity index (χ0v) is 28.4. The lowest BCUT2D eigenvalue weighted by atomic mass is 9.82. The summed E-state index contributed by atoms with van der Waals surface area (Å²) in [5, 5.41) is 2.17. The third-order valence-corrected chi connectivity index (χ3v) is 9.77. The molecule has 0 aliphatic rings. The number of aromatic nitrogens is 2. The van der Waals surface area contributed by atoms with Crippen LogP contribution < -0.4 is 0 Å². The minimum absolute atomic E-state index is 0.0564. The summed E-state index contributed by atoms with van der Waals surface area (Å²) in [7, 11) is 0. The van der Waals surface area contributed by atoms with Gasteiger partial charge in [0.05, 0.1) is 16.7 Å². The summed E-state index contributed by atoms with van der Waals surface area (Å²) in [6.45, 7) is 6.87. The van der Waals surface area contributed by atoms with Crippen LogP contribution in [0.3, 0.4) is 0 Å². The summed E-state index contributed by atoms with van der Waals surface area (Å²) >= 11 is 0. The summed E-state index contributed by atoms with van der Waals surface area (Å²) in [5.74, 6) is 0.890. The van der Waals surface area contributed by atoms with Gasteiger partial charge in [-0.25, -0.2) is 4.98 Å². The van der Waals surface area contributed by atoms with E-state index >= 15 is 0 Å². The Hall–Kier alpha value is -6.19. The van der Waals surface area contributed by atoms with Gasteiger partial charge in [-0.05, 0) is 87.8 Å². The number of para-hydroxylation sites is 2. The van der Waals surface area contributed by atoms with Crippen molar-refractivity contribution >= 4 is 33.0 Å². The Bertz CT molecular complexity index is 2600. The molecule has 0 aliphatic carbocycles. The fourth-order valence-corrected chi connectivity index (χ4v) is 7.16. The molecule has 3 heteroatoms. The highest BCUT2D eigenvalue weighted by atomic mass is 16.3. The Labute approximate surface area is 292 Å². The second kappa shape index (κ2) is 11.7. The fraction of sp³-hybridized carbons (Fsp3) is 0.0851. The smallest absolute Gasteiger partial charge is 0.145 e. The van der Waals surface area contributed by atoms with Crippen molar-refractivity contribution < 1.29 is 4.42 Å². The largest absolute Gasteiger partial charge is 0.456 e. The molecular formula is C47H36N2O. The Balaban J connectivity index is 1.34. The minimum Gasteiger partial charge on any atom is -0.456 e. The lowest BCUT2D eigenvalue weighted by Crippen LogP contribution is -2.13. The fourth-order valence-electron chi connectivity index (χ4n) is 7.16. The number of rotatable bonds is 5. The Morgan fingerprint density at radius 1 is 0.480 bits per heavy atom. The van der Waals surface area contributed by atoms with Gasteiger partial charge in [0.2, 0.25) is 0 Å². The van der Waals surface area contributed by atoms with Crippen LogP contribution in [-0.2, 0) is 5.41 Å². The molecule has 7 aromatic carbocycles. The number of furan rings is 1. The van der Waals surface area contributed by atoms with Gasteiger partial charge in [-0.3, -0.25) is 4.57 Å². The second-order valence-corrected chi connectivity index (χ2v) is 14.1. The van der Waals surface area contributed by atoms with Crippen LogP contribution in [0.25, 0.3) is 83.4 Å². The predicted molar refractivity (Wildman–Crippen MR) is 209 cm³/mol. The molecule has 50 heavy (non-hydrogen) atoms. The van der Waals surface area contributed by atoms with Crippen LogP contribution in [0.15, 0.2) is 168 Å². The van der Waals surface area contributed by atoms with E-state index in [9.17, 15) is 0 Å². The van der Waals surface area contributed by atoms with Crippen molar-refractivity contribution in [3.8, 4) is 50.5 Å². The molecule has 0 aliphatic heterocycles. The van der Waals surface area contributed by atoms with Gasteiger partial charge in [-0.15, -0.1) is 0 Å². The van der Waals surface area contributed by atoms with Gasteiger partial charge >= 0.3 is 0 Å². The van der Waals surface area contributed by atoms with Gasteiger partial charge in [0.25, 0.3) is 0 Å². The van der Waals surface area contributed by atoms with Gasteiger partial charge in [0.1, 0.15) is 17.0 Å². The Kier molecular flexibility index (Phi) is 7.03. The Morgan fingerprint density at radius 3 is 1.70 bits per heavy atom. The molecule has 9 aromatic rings. The first kappa shape index (κ1) is 29.9. The molecule has 3 nitrogen and oxygen atoms in total. The number of nitrogens with zero attached hydrogens (tertiary/aromatic N) is 2. The van der Waals surface area contributed by atoms with Crippen LogP contribution in [0.5, 0.6) is 0 Å². The van der Waals surface area contributed by atoms with Crippen molar-refractivity contribution in [2.45, 2.75) is 26.2 Å². The summed E-state index contributed by atoms with van der Waals surface area (Å²) in [4.78, 5) is 5.36. The molecule has 0 radical (unpaired) electrons. The number of imidazole rings is 1. The van der Waals surface area contributed by atoms with Crippen LogP contribution >= 0.6 is 0 Å². The lowest BCUT2D eigenvalue weighted by Gasteiger charge is -2.26. The monoisotopic (exact) mass is 644 g/mol. The molecule has 2 aromatic heterocycles. The lowest BCUT2D eigenvalue weighted by molar-refractivity contribution is 0.590. The first-order valence-corrected chi connectivity index (χ1v) is 17.2. The summed E-state index contributed by atoms with van der Waals surface area (Å²) in [6, 6.07) is 58.2. The summed E-state index contributed by atoms with van der Waals surface area (Å²) < 4.78 is 8.83. The topological polar surface area (TPSA) is 31.0 Å². The van der Waals surface area contributed by atoms with Gasteiger partial charge in [0, 0.05) is 27.5 Å². The molecule has 0 bridgehead atoms. The van der Waals surface area contributed by atoms with E-state index in [0.717, 1.165) is 55.6 Å². The second-order valence-electron chi connectivity index (χ2n) is 14.1. The van der Waals surface area contributed by atoms with Crippen molar-refractivity contribution in [2.24, 2.45) is 0 Å². The third kappa shape index (κ3) is 5.10. The average molecular weight is 645 g/mol. The van der Waals surface area contributed by atoms with Crippen molar-refractivity contribution in [3.05, 3.63) is 169 Å². The quantitative estimate of drug-likeness (QED) is 0.187. The molecule has 9 rings (SSSR count). The van der Waals surface area contributed by atoms with E-state index in [4.69, 9.17) is 9.40 Å². The normalized spacial score (nSPS) is 11.9. The third-order valence-electron chi connectivity index (χ3n) is 9.77. The molecule has 0 saturated carbocycles. The minimum atomic E-state index is -0.0564. The SMILES string of the molecule is CC(C)(C)c1cc(-c2ccccc2)c(-n2c(-c3ccc4oc5cc(-c6ccccc6)ccc5c4c3)nc3ccccc32)c(-c2ccccc2)c1. The van der Waals surface area contributed by atoms with Gasteiger partial charge in [-0.1, -0.05) is 130 Å². The molecule has 240 valence electrons. The van der Waals surface area contributed by atoms with E-state index in [1.807, 2.05) is 6.07 Å².